The van der Waals surface area contributed by atoms with Crippen LogP contribution in [0, 0.1) is 5.82 Å². The molecule has 0 bridgehead atoms. The lowest BCUT2D eigenvalue weighted by Gasteiger charge is -2.05. The molecule has 0 amide bonds. The Bertz CT molecular complexity index is 582. The molecule has 4 N–H and O–H groups in total. The van der Waals surface area contributed by atoms with E-state index in [-0.39, 0.29) is 12.2 Å². The Morgan fingerprint density at radius 2 is 2.29 bits per heavy atom. The van der Waals surface area contributed by atoms with Gasteiger partial charge in [0.15, 0.2) is 0 Å². The normalized spacial score (nSPS) is 12.9. The number of aromatic nitrogens is 1. The van der Waals surface area contributed by atoms with Gasteiger partial charge >= 0.3 is 5.97 Å². The van der Waals surface area contributed by atoms with Crippen LogP contribution in [0.15, 0.2) is 22.8 Å². The zero-order valence-corrected chi connectivity index (χ0v) is 10.3. The predicted molar refractivity (Wildman–Crippen MR) is 65.3 cm³/mol. The van der Waals surface area contributed by atoms with Crippen LogP contribution in [0.2, 0.25) is 0 Å². The first kappa shape index (κ1) is 12.1. The second-order valence-corrected chi connectivity index (χ2v) is 4.69. The number of hydrogen-bond donors (Lipinski definition) is 3. The van der Waals surface area contributed by atoms with Gasteiger partial charge in [-0.15, -0.1) is 0 Å². The summed E-state index contributed by atoms with van der Waals surface area (Å²) in [6.07, 6.45) is 1.74. The largest absolute Gasteiger partial charge is 0.480 e. The Morgan fingerprint density at radius 1 is 1.59 bits per heavy atom. The minimum absolute atomic E-state index is 0.158. The fourth-order valence-corrected chi connectivity index (χ4v) is 2.13. The van der Waals surface area contributed by atoms with Crippen LogP contribution >= 0.6 is 15.9 Å². The van der Waals surface area contributed by atoms with Gasteiger partial charge in [-0.2, -0.15) is 0 Å². The monoisotopic (exact) mass is 300 g/mol. The third kappa shape index (κ3) is 2.32. The van der Waals surface area contributed by atoms with Gasteiger partial charge in [0.1, 0.15) is 11.9 Å². The van der Waals surface area contributed by atoms with Crippen LogP contribution in [0.3, 0.4) is 0 Å². The fourth-order valence-electron chi connectivity index (χ4n) is 1.70. The molecule has 17 heavy (non-hydrogen) atoms. The smallest absolute Gasteiger partial charge is 0.320 e. The van der Waals surface area contributed by atoms with Crippen LogP contribution in [0.25, 0.3) is 10.9 Å². The molecule has 6 heteroatoms. The number of H-pyrrole nitrogens is 1. The van der Waals surface area contributed by atoms with Crippen LogP contribution in [0.1, 0.15) is 5.56 Å². The summed E-state index contributed by atoms with van der Waals surface area (Å²) in [4.78, 5) is 13.5. The van der Waals surface area contributed by atoms with Crippen molar-refractivity contribution in [3.05, 3.63) is 34.2 Å². The number of rotatable bonds is 3. The second-order valence-electron chi connectivity index (χ2n) is 3.77. The van der Waals surface area contributed by atoms with E-state index < -0.39 is 12.0 Å². The topological polar surface area (TPSA) is 79.1 Å². The number of carboxylic acids is 1. The summed E-state index contributed by atoms with van der Waals surface area (Å²) in [7, 11) is 0. The SMILES string of the molecule is NC(Cc1c[nH]c2c(F)cc(Br)cc12)C(=O)O. The van der Waals surface area contributed by atoms with E-state index in [1.54, 1.807) is 12.3 Å². The highest BCUT2D eigenvalue weighted by Gasteiger charge is 2.16. The molecule has 0 aliphatic rings. The van der Waals surface area contributed by atoms with Gasteiger partial charge in [-0.1, -0.05) is 15.9 Å². The summed E-state index contributed by atoms with van der Waals surface area (Å²) in [5.41, 5.74) is 6.51. The third-order valence-corrected chi connectivity index (χ3v) is 3.01. The molecule has 0 spiro atoms. The van der Waals surface area contributed by atoms with Crippen LogP contribution in [-0.2, 0) is 11.2 Å². The summed E-state index contributed by atoms with van der Waals surface area (Å²) in [5, 5.41) is 9.39. The Morgan fingerprint density at radius 3 is 2.94 bits per heavy atom. The highest BCUT2D eigenvalue weighted by molar-refractivity contribution is 9.10. The van der Waals surface area contributed by atoms with Crippen molar-refractivity contribution < 1.29 is 14.3 Å². The number of hydrogen-bond acceptors (Lipinski definition) is 2. The molecule has 1 heterocycles. The highest BCUT2D eigenvalue weighted by Crippen LogP contribution is 2.26. The van der Waals surface area contributed by atoms with E-state index in [1.165, 1.54) is 6.07 Å². The number of aromatic amines is 1. The maximum Gasteiger partial charge on any atom is 0.320 e. The van der Waals surface area contributed by atoms with Crippen molar-refractivity contribution in [3.63, 3.8) is 0 Å². The van der Waals surface area contributed by atoms with E-state index in [0.717, 1.165) is 0 Å². The summed E-state index contributed by atoms with van der Waals surface area (Å²) < 4.78 is 14.2. The van der Waals surface area contributed by atoms with E-state index in [2.05, 4.69) is 20.9 Å². The molecule has 0 radical (unpaired) electrons. The quantitative estimate of drug-likeness (QED) is 0.811. The Kier molecular flexibility index (Phi) is 3.17. The van der Waals surface area contributed by atoms with E-state index in [4.69, 9.17) is 10.8 Å². The molecule has 0 saturated carbocycles. The van der Waals surface area contributed by atoms with Crippen molar-refractivity contribution in [1.82, 2.24) is 4.98 Å². The molecule has 1 atom stereocenters. The summed E-state index contributed by atoms with van der Waals surface area (Å²) in [5.74, 6) is -1.46. The number of nitrogens with one attached hydrogen (secondary N) is 1. The lowest BCUT2D eigenvalue weighted by atomic mass is 10.1. The molecule has 1 aromatic carbocycles. The lowest BCUT2D eigenvalue weighted by molar-refractivity contribution is -0.138. The summed E-state index contributed by atoms with van der Waals surface area (Å²) >= 11 is 3.20. The number of aliphatic carboxylic acids is 1. The van der Waals surface area contributed by atoms with Gasteiger partial charge in [0.25, 0.3) is 0 Å². The first-order chi connectivity index (χ1) is 7.99. The summed E-state index contributed by atoms with van der Waals surface area (Å²) in [6, 6.07) is 2.09. The van der Waals surface area contributed by atoms with Gasteiger partial charge in [0.2, 0.25) is 0 Å². The molecule has 1 unspecified atom stereocenters. The van der Waals surface area contributed by atoms with Crippen LogP contribution in [-0.4, -0.2) is 22.1 Å². The number of benzene rings is 1. The molecule has 0 saturated heterocycles. The van der Waals surface area contributed by atoms with Gasteiger partial charge in [-0.25, -0.2) is 4.39 Å². The number of nitrogens with two attached hydrogens (primary N) is 1. The molecule has 90 valence electrons. The van der Waals surface area contributed by atoms with E-state index in [9.17, 15) is 9.18 Å². The van der Waals surface area contributed by atoms with E-state index >= 15 is 0 Å². The van der Waals surface area contributed by atoms with Gasteiger partial charge in [-0.3, -0.25) is 4.79 Å². The zero-order valence-electron chi connectivity index (χ0n) is 8.71. The van der Waals surface area contributed by atoms with Crippen LogP contribution in [0.4, 0.5) is 4.39 Å². The van der Waals surface area contributed by atoms with Gasteiger partial charge in [0, 0.05) is 22.5 Å². The maximum atomic E-state index is 13.5. The molecule has 4 nitrogen and oxygen atoms in total. The zero-order chi connectivity index (χ0) is 12.6. The van der Waals surface area contributed by atoms with Crippen molar-refractivity contribution in [2.45, 2.75) is 12.5 Å². The number of halogens is 2. The number of fused-ring (bicyclic) bond motifs is 1. The molecule has 2 rings (SSSR count). The van der Waals surface area contributed by atoms with Gasteiger partial charge < -0.3 is 15.8 Å². The Hall–Kier alpha value is -1.40. The lowest BCUT2D eigenvalue weighted by Crippen LogP contribution is -2.32. The van der Waals surface area contributed by atoms with Crippen molar-refractivity contribution >= 4 is 32.8 Å². The van der Waals surface area contributed by atoms with Crippen molar-refractivity contribution in [1.29, 1.82) is 0 Å². The molecular weight excluding hydrogens is 291 g/mol. The number of carboxylic acid groups (broad SMARTS) is 1. The molecule has 0 aliphatic carbocycles. The average molecular weight is 301 g/mol. The first-order valence-electron chi connectivity index (χ1n) is 4.92. The summed E-state index contributed by atoms with van der Waals surface area (Å²) in [6.45, 7) is 0. The minimum Gasteiger partial charge on any atom is -0.480 e. The van der Waals surface area contributed by atoms with Crippen molar-refractivity contribution in [2.24, 2.45) is 5.73 Å². The van der Waals surface area contributed by atoms with Gasteiger partial charge in [0.05, 0.1) is 5.52 Å². The molecular formula is C11H10BrFN2O2. The second kappa shape index (κ2) is 4.46. The molecule has 2 aromatic rings. The van der Waals surface area contributed by atoms with Crippen molar-refractivity contribution in [3.8, 4) is 0 Å². The standard InChI is InChI=1S/C11H10BrFN2O2/c12-6-2-7-5(1-9(14)11(16)17)4-15-10(7)8(13)3-6/h2-4,9,15H,1,14H2,(H,16,17). The fraction of sp³-hybridized carbons (Fsp3) is 0.182. The highest BCUT2D eigenvalue weighted by atomic mass is 79.9. The van der Waals surface area contributed by atoms with Crippen LogP contribution < -0.4 is 5.73 Å². The van der Waals surface area contributed by atoms with E-state index in [1.807, 2.05) is 0 Å². The van der Waals surface area contributed by atoms with Crippen LogP contribution in [0.5, 0.6) is 0 Å². The third-order valence-electron chi connectivity index (χ3n) is 2.55. The average Bonchev–Trinajstić information content (AvgIpc) is 2.61. The van der Waals surface area contributed by atoms with Crippen molar-refractivity contribution in [2.75, 3.05) is 0 Å². The number of carbonyl (C=O) groups is 1. The predicted octanol–water partition coefficient (Wildman–Crippen LogP) is 2.02. The minimum atomic E-state index is -1.07. The first-order valence-corrected chi connectivity index (χ1v) is 5.71. The Labute approximate surface area is 105 Å². The molecule has 0 aliphatic heterocycles. The molecule has 1 aromatic heterocycles. The molecule has 0 fully saturated rings. The van der Waals surface area contributed by atoms with Gasteiger partial charge in [-0.05, 0) is 17.7 Å². The maximum absolute atomic E-state index is 13.5. The van der Waals surface area contributed by atoms with E-state index in [0.29, 0.717) is 20.9 Å². The Balaban J connectivity index is 2.45.